The zero-order valence-corrected chi connectivity index (χ0v) is 19.9. The van der Waals surface area contributed by atoms with Gasteiger partial charge in [0, 0.05) is 18.2 Å². The Morgan fingerprint density at radius 1 is 1.05 bits per heavy atom. The quantitative estimate of drug-likeness (QED) is 0.545. The molecule has 3 aromatic carbocycles. The van der Waals surface area contributed by atoms with E-state index in [0.717, 1.165) is 23.8 Å². The minimum absolute atomic E-state index is 0.0293. The molecule has 2 saturated heterocycles. The largest absolute Gasteiger partial charge is 0.445 e. The van der Waals surface area contributed by atoms with Gasteiger partial charge in [0.25, 0.3) is 0 Å². The Kier molecular flexibility index (Phi) is 6.88. The van der Waals surface area contributed by atoms with E-state index in [0.29, 0.717) is 6.42 Å². The predicted molar refractivity (Wildman–Crippen MR) is 129 cm³/mol. The first-order valence-electron chi connectivity index (χ1n) is 11.9. The second kappa shape index (κ2) is 10.3. The molecule has 0 unspecified atom stereocenters. The third-order valence-corrected chi connectivity index (χ3v) is 6.90. The number of carbonyl (C=O) groups is 2. The summed E-state index contributed by atoms with van der Waals surface area (Å²) in [6.07, 6.45) is -0.156. The summed E-state index contributed by atoms with van der Waals surface area (Å²) < 4.78 is 54.4. The molecule has 2 amide bonds. The molecule has 9 heteroatoms. The highest BCUT2D eigenvalue weighted by molar-refractivity contribution is 5.79. The molecule has 0 radical (unpaired) electrons. The van der Waals surface area contributed by atoms with Crippen molar-refractivity contribution in [1.82, 2.24) is 10.2 Å². The van der Waals surface area contributed by atoms with Gasteiger partial charge in [-0.05, 0) is 41.7 Å². The van der Waals surface area contributed by atoms with Gasteiger partial charge in [0.2, 0.25) is 5.91 Å². The Hall–Kier alpha value is -3.85. The monoisotopic (exact) mass is 510 g/mol. The van der Waals surface area contributed by atoms with Gasteiger partial charge in [-0.25, -0.2) is 18.0 Å². The van der Waals surface area contributed by atoms with E-state index < -0.39 is 35.1 Å². The molecule has 37 heavy (non-hydrogen) atoms. The number of carbonyl (C=O) groups excluding carboxylic acids is 2. The van der Waals surface area contributed by atoms with Crippen LogP contribution in [0.1, 0.15) is 17.5 Å². The lowest BCUT2D eigenvalue weighted by Gasteiger charge is -2.40. The maximum atomic E-state index is 15.7. The molecule has 1 spiro atoms. The van der Waals surface area contributed by atoms with Crippen LogP contribution in [-0.4, -0.2) is 48.2 Å². The number of benzene rings is 3. The number of likely N-dealkylation sites (tertiary alicyclic amines) is 1. The standard InChI is InChI=1S/C28H25F3N2O4/c29-21-11-20(12-22(30)14-21)23-8-4-7-19(26(23)31)13-24-28(17-36-16-25(34)32-28)9-10-33(24)27(35)37-15-18-5-2-1-3-6-18/h1-8,11-12,14,24H,9-10,13,15-17H2,(H,32,34)/t24-,28+/m0/s1. The van der Waals surface area contributed by atoms with Gasteiger partial charge in [-0.1, -0.05) is 48.5 Å². The van der Waals surface area contributed by atoms with Crippen LogP contribution < -0.4 is 5.32 Å². The minimum atomic E-state index is -0.922. The highest BCUT2D eigenvalue weighted by atomic mass is 19.1. The third kappa shape index (κ3) is 5.17. The maximum absolute atomic E-state index is 15.7. The van der Waals surface area contributed by atoms with Crippen LogP contribution in [0.4, 0.5) is 18.0 Å². The molecule has 2 fully saturated rings. The minimum Gasteiger partial charge on any atom is -0.445 e. The molecule has 2 heterocycles. The molecule has 0 aromatic heterocycles. The van der Waals surface area contributed by atoms with E-state index in [2.05, 4.69) is 5.32 Å². The van der Waals surface area contributed by atoms with Crippen molar-refractivity contribution in [2.45, 2.75) is 31.0 Å². The Bertz CT molecular complexity index is 1300. The number of rotatable bonds is 5. The first kappa shape index (κ1) is 24.8. The third-order valence-electron chi connectivity index (χ3n) is 6.90. The van der Waals surface area contributed by atoms with Crippen molar-refractivity contribution in [3.05, 3.63) is 95.3 Å². The highest BCUT2D eigenvalue weighted by Crippen LogP contribution is 2.36. The number of ether oxygens (including phenoxy) is 2. The van der Waals surface area contributed by atoms with Crippen molar-refractivity contribution in [1.29, 1.82) is 0 Å². The van der Waals surface area contributed by atoms with Gasteiger partial charge in [-0.2, -0.15) is 0 Å². The average molecular weight is 511 g/mol. The fourth-order valence-corrected chi connectivity index (χ4v) is 5.13. The van der Waals surface area contributed by atoms with E-state index >= 15 is 4.39 Å². The van der Waals surface area contributed by atoms with Gasteiger partial charge < -0.3 is 19.7 Å². The van der Waals surface area contributed by atoms with Crippen LogP contribution in [0.3, 0.4) is 0 Å². The van der Waals surface area contributed by atoms with Crippen LogP contribution in [-0.2, 0) is 27.3 Å². The van der Waals surface area contributed by atoms with E-state index in [1.165, 1.54) is 11.0 Å². The van der Waals surface area contributed by atoms with Crippen molar-refractivity contribution >= 4 is 12.0 Å². The Balaban J connectivity index is 1.44. The Morgan fingerprint density at radius 3 is 2.54 bits per heavy atom. The number of hydrogen-bond acceptors (Lipinski definition) is 4. The molecule has 6 nitrogen and oxygen atoms in total. The zero-order valence-electron chi connectivity index (χ0n) is 19.9. The van der Waals surface area contributed by atoms with Crippen LogP contribution >= 0.6 is 0 Å². The SMILES string of the molecule is O=C1COC[C@@]2(CCN(C(=O)OCc3ccccc3)[C@H]2Cc2cccc(-c3cc(F)cc(F)c3)c2F)N1. The lowest BCUT2D eigenvalue weighted by atomic mass is 9.85. The smallest absolute Gasteiger partial charge is 0.410 e. The van der Waals surface area contributed by atoms with Crippen LogP contribution in [0.15, 0.2) is 66.7 Å². The molecule has 2 aliphatic heterocycles. The van der Waals surface area contributed by atoms with Gasteiger partial charge in [-0.3, -0.25) is 4.79 Å². The van der Waals surface area contributed by atoms with Gasteiger partial charge in [0.05, 0.1) is 18.2 Å². The molecule has 0 aliphatic carbocycles. The van der Waals surface area contributed by atoms with Crippen LogP contribution in [0.2, 0.25) is 0 Å². The molecule has 0 saturated carbocycles. The molecule has 2 atom stereocenters. The summed E-state index contributed by atoms with van der Waals surface area (Å²) in [6.45, 7) is 0.399. The van der Waals surface area contributed by atoms with E-state index in [1.54, 1.807) is 12.1 Å². The number of hydrogen-bond donors (Lipinski definition) is 1. The molecule has 2 aliphatic rings. The van der Waals surface area contributed by atoms with Crippen LogP contribution in [0.25, 0.3) is 11.1 Å². The van der Waals surface area contributed by atoms with Crippen molar-refractivity contribution in [2.75, 3.05) is 19.8 Å². The lowest BCUT2D eigenvalue weighted by Crippen LogP contribution is -2.64. The first-order chi connectivity index (χ1) is 17.8. The van der Waals surface area contributed by atoms with E-state index in [1.807, 2.05) is 30.3 Å². The van der Waals surface area contributed by atoms with Gasteiger partial charge in [-0.15, -0.1) is 0 Å². The number of nitrogens with one attached hydrogen (secondary N) is 1. The highest BCUT2D eigenvalue weighted by Gasteiger charge is 2.52. The second-order valence-corrected chi connectivity index (χ2v) is 9.34. The summed E-state index contributed by atoms with van der Waals surface area (Å²) >= 11 is 0. The van der Waals surface area contributed by atoms with Crippen molar-refractivity contribution < 1.29 is 32.2 Å². The van der Waals surface area contributed by atoms with Crippen molar-refractivity contribution in [3.63, 3.8) is 0 Å². The van der Waals surface area contributed by atoms with Crippen molar-refractivity contribution in [3.8, 4) is 11.1 Å². The average Bonchev–Trinajstić information content (AvgIpc) is 3.20. The summed E-state index contributed by atoms with van der Waals surface area (Å²) in [6, 6.07) is 16.0. The van der Waals surface area contributed by atoms with Crippen LogP contribution in [0, 0.1) is 17.5 Å². The van der Waals surface area contributed by atoms with Crippen LogP contribution in [0.5, 0.6) is 0 Å². The molecular weight excluding hydrogens is 485 g/mol. The molecular formula is C28H25F3N2O4. The maximum Gasteiger partial charge on any atom is 0.410 e. The van der Waals surface area contributed by atoms with E-state index in [-0.39, 0.29) is 55.4 Å². The summed E-state index contributed by atoms with van der Waals surface area (Å²) in [5, 5.41) is 2.97. The number of amides is 2. The van der Waals surface area contributed by atoms with Crippen molar-refractivity contribution in [2.24, 2.45) is 0 Å². The number of morpholine rings is 1. The lowest BCUT2D eigenvalue weighted by molar-refractivity contribution is -0.136. The molecule has 1 N–H and O–H groups in total. The first-order valence-corrected chi connectivity index (χ1v) is 11.9. The Labute approximate surface area is 212 Å². The second-order valence-electron chi connectivity index (χ2n) is 9.34. The molecule has 5 rings (SSSR count). The Morgan fingerprint density at radius 2 is 1.81 bits per heavy atom. The fraction of sp³-hybridized carbons (Fsp3) is 0.286. The van der Waals surface area contributed by atoms with Gasteiger partial charge >= 0.3 is 6.09 Å². The summed E-state index contributed by atoms with van der Waals surface area (Å²) in [5.74, 6) is -2.61. The van der Waals surface area contributed by atoms with E-state index in [9.17, 15) is 18.4 Å². The normalized spacial score (nSPS) is 21.2. The molecule has 192 valence electrons. The predicted octanol–water partition coefficient (Wildman–Crippen LogP) is 4.61. The number of nitrogens with zero attached hydrogens (tertiary/aromatic N) is 1. The fourth-order valence-electron chi connectivity index (χ4n) is 5.13. The summed E-state index contributed by atoms with van der Waals surface area (Å²) in [5.41, 5.74) is 0.219. The van der Waals surface area contributed by atoms with E-state index in [4.69, 9.17) is 9.47 Å². The van der Waals surface area contributed by atoms with Gasteiger partial charge in [0.1, 0.15) is 30.7 Å². The number of halogens is 3. The topological polar surface area (TPSA) is 67.9 Å². The molecule has 0 bridgehead atoms. The zero-order chi connectivity index (χ0) is 26.0. The van der Waals surface area contributed by atoms with Gasteiger partial charge in [0.15, 0.2) is 0 Å². The summed E-state index contributed by atoms with van der Waals surface area (Å²) in [4.78, 5) is 26.9. The summed E-state index contributed by atoms with van der Waals surface area (Å²) in [7, 11) is 0. The molecule has 3 aromatic rings.